The van der Waals surface area contributed by atoms with Crippen LogP contribution >= 0.6 is 0 Å². The molecule has 1 aromatic rings. The summed E-state index contributed by atoms with van der Waals surface area (Å²) in [5.41, 5.74) is 1.29. The Labute approximate surface area is 128 Å². The number of hydrogen-bond acceptors (Lipinski definition) is 4. The van der Waals surface area contributed by atoms with Crippen LogP contribution in [-0.2, 0) is 4.74 Å². The Bertz CT molecular complexity index is 375. The van der Waals surface area contributed by atoms with Crippen LogP contribution in [0.4, 0.5) is 5.69 Å². The summed E-state index contributed by atoms with van der Waals surface area (Å²) in [6.07, 6.45) is 7.30. The van der Waals surface area contributed by atoms with Gasteiger partial charge in [0.05, 0.1) is 6.61 Å². The lowest BCUT2D eigenvalue weighted by Gasteiger charge is -2.34. The first-order valence-corrected chi connectivity index (χ1v) is 8.22. The molecule has 0 amide bonds. The van der Waals surface area contributed by atoms with E-state index in [0.29, 0.717) is 6.04 Å². The minimum Gasteiger partial charge on any atom is -0.380 e. The summed E-state index contributed by atoms with van der Waals surface area (Å²) in [5.74, 6) is 0.732. The molecule has 1 aromatic heterocycles. The molecule has 0 radical (unpaired) electrons. The molecule has 2 heterocycles. The quantitative estimate of drug-likeness (QED) is 0.747. The van der Waals surface area contributed by atoms with Crippen molar-refractivity contribution in [3.8, 4) is 0 Å². The Morgan fingerprint density at radius 2 is 1.95 bits per heavy atom. The number of anilines is 1. The Morgan fingerprint density at radius 1 is 1.24 bits per heavy atom. The number of nitrogens with zero attached hydrogens (tertiary/aromatic N) is 2. The summed E-state index contributed by atoms with van der Waals surface area (Å²) in [5, 5.41) is 3.62. The van der Waals surface area contributed by atoms with E-state index in [-0.39, 0.29) is 0 Å². The second kappa shape index (κ2) is 9.00. The zero-order valence-electron chi connectivity index (χ0n) is 13.4. The third kappa shape index (κ3) is 6.02. The molecule has 1 fully saturated rings. The molecule has 0 unspecified atom stereocenters. The Hall–Kier alpha value is -1.13. The zero-order chi connectivity index (χ0) is 14.9. The number of rotatable bonds is 8. The van der Waals surface area contributed by atoms with Gasteiger partial charge >= 0.3 is 0 Å². The van der Waals surface area contributed by atoms with Crippen molar-refractivity contribution >= 4 is 5.69 Å². The molecule has 0 spiro atoms. The molecule has 0 bridgehead atoms. The van der Waals surface area contributed by atoms with Gasteiger partial charge in [0, 0.05) is 50.4 Å². The van der Waals surface area contributed by atoms with E-state index in [1.54, 1.807) is 0 Å². The van der Waals surface area contributed by atoms with Crippen LogP contribution < -0.4 is 10.2 Å². The number of ether oxygens (including phenoxy) is 1. The second-order valence-electron chi connectivity index (χ2n) is 6.22. The molecule has 0 aliphatic carbocycles. The van der Waals surface area contributed by atoms with Gasteiger partial charge in [-0.2, -0.15) is 0 Å². The molecule has 118 valence electrons. The van der Waals surface area contributed by atoms with E-state index in [4.69, 9.17) is 4.74 Å². The monoisotopic (exact) mass is 291 g/mol. The maximum absolute atomic E-state index is 5.65. The summed E-state index contributed by atoms with van der Waals surface area (Å²) in [7, 11) is 0. The zero-order valence-corrected chi connectivity index (χ0v) is 13.4. The Balaban J connectivity index is 1.55. The molecule has 0 atom stereocenters. The summed E-state index contributed by atoms with van der Waals surface area (Å²) in [6.45, 7) is 9.40. The van der Waals surface area contributed by atoms with Crippen LogP contribution in [0.15, 0.2) is 24.5 Å². The van der Waals surface area contributed by atoms with Gasteiger partial charge in [0.25, 0.3) is 0 Å². The third-order valence-corrected chi connectivity index (χ3v) is 4.04. The van der Waals surface area contributed by atoms with Crippen molar-refractivity contribution < 1.29 is 4.74 Å². The van der Waals surface area contributed by atoms with Gasteiger partial charge in [-0.15, -0.1) is 0 Å². The van der Waals surface area contributed by atoms with E-state index in [2.05, 4.69) is 41.2 Å². The van der Waals surface area contributed by atoms with Crippen LogP contribution in [0.2, 0.25) is 0 Å². The largest absolute Gasteiger partial charge is 0.380 e. The van der Waals surface area contributed by atoms with E-state index in [9.17, 15) is 0 Å². The van der Waals surface area contributed by atoms with E-state index in [1.165, 1.54) is 18.5 Å². The number of pyridine rings is 1. The van der Waals surface area contributed by atoms with E-state index in [0.717, 1.165) is 45.2 Å². The molecule has 4 nitrogen and oxygen atoms in total. The summed E-state index contributed by atoms with van der Waals surface area (Å²) < 4.78 is 5.65. The van der Waals surface area contributed by atoms with Crippen LogP contribution in [0, 0.1) is 5.92 Å². The van der Waals surface area contributed by atoms with Crippen molar-refractivity contribution in [3.05, 3.63) is 24.5 Å². The lowest BCUT2D eigenvalue weighted by Crippen LogP contribution is -2.43. The highest BCUT2D eigenvalue weighted by Gasteiger charge is 2.18. The molecule has 1 N–H and O–H groups in total. The van der Waals surface area contributed by atoms with Crippen LogP contribution in [-0.4, -0.2) is 43.9 Å². The van der Waals surface area contributed by atoms with Crippen LogP contribution in [0.25, 0.3) is 0 Å². The minimum atomic E-state index is 0.636. The second-order valence-corrected chi connectivity index (χ2v) is 6.22. The van der Waals surface area contributed by atoms with Crippen LogP contribution in [0.3, 0.4) is 0 Å². The normalized spacial score (nSPS) is 16.6. The molecule has 21 heavy (non-hydrogen) atoms. The lowest BCUT2D eigenvalue weighted by molar-refractivity contribution is 0.122. The fraction of sp³-hybridized carbons (Fsp3) is 0.706. The topological polar surface area (TPSA) is 37.4 Å². The van der Waals surface area contributed by atoms with E-state index in [1.807, 2.05) is 12.4 Å². The van der Waals surface area contributed by atoms with Gasteiger partial charge < -0.3 is 15.0 Å². The first kappa shape index (κ1) is 16.2. The third-order valence-electron chi connectivity index (χ3n) is 4.04. The average Bonchev–Trinajstić information content (AvgIpc) is 2.52. The van der Waals surface area contributed by atoms with Crippen molar-refractivity contribution in [2.75, 3.05) is 37.7 Å². The highest BCUT2D eigenvalue weighted by Crippen LogP contribution is 2.18. The van der Waals surface area contributed by atoms with E-state index >= 15 is 0 Å². The fourth-order valence-electron chi connectivity index (χ4n) is 2.65. The highest BCUT2D eigenvalue weighted by atomic mass is 16.5. The fourth-order valence-corrected chi connectivity index (χ4v) is 2.65. The van der Waals surface area contributed by atoms with Crippen molar-refractivity contribution in [3.63, 3.8) is 0 Å². The van der Waals surface area contributed by atoms with Crippen LogP contribution in [0.1, 0.15) is 33.1 Å². The van der Waals surface area contributed by atoms with Crippen molar-refractivity contribution in [2.24, 2.45) is 5.92 Å². The SMILES string of the molecule is CC(C)CCOCCNC1CCN(c2ccncc2)CC1. The Kier molecular flexibility index (Phi) is 6.96. The summed E-state index contributed by atoms with van der Waals surface area (Å²) >= 11 is 0. The van der Waals surface area contributed by atoms with Crippen LogP contribution in [0.5, 0.6) is 0 Å². The van der Waals surface area contributed by atoms with Crippen molar-refractivity contribution in [1.29, 1.82) is 0 Å². The maximum atomic E-state index is 5.65. The van der Waals surface area contributed by atoms with Crippen molar-refractivity contribution in [1.82, 2.24) is 10.3 Å². The van der Waals surface area contributed by atoms with Gasteiger partial charge in [0.1, 0.15) is 0 Å². The molecule has 1 aliphatic rings. The summed E-state index contributed by atoms with van der Waals surface area (Å²) in [4.78, 5) is 6.52. The standard InChI is InChI=1S/C17H29N3O/c1-15(2)7-13-21-14-10-19-16-5-11-20(12-6-16)17-3-8-18-9-4-17/h3-4,8-9,15-16,19H,5-7,10-14H2,1-2H3. The number of hydrogen-bond donors (Lipinski definition) is 1. The molecular weight excluding hydrogens is 262 g/mol. The maximum Gasteiger partial charge on any atom is 0.0591 e. The molecule has 4 heteroatoms. The van der Waals surface area contributed by atoms with Crippen molar-refractivity contribution in [2.45, 2.75) is 39.2 Å². The Morgan fingerprint density at radius 3 is 2.62 bits per heavy atom. The van der Waals surface area contributed by atoms with Gasteiger partial charge in [-0.05, 0) is 37.3 Å². The highest BCUT2D eigenvalue weighted by molar-refractivity contribution is 5.44. The molecule has 0 aromatic carbocycles. The summed E-state index contributed by atoms with van der Waals surface area (Å²) in [6, 6.07) is 4.82. The number of aromatic nitrogens is 1. The van der Waals surface area contributed by atoms with Gasteiger partial charge in [-0.25, -0.2) is 0 Å². The van der Waals surface area contributed by atoms with Gasteiger partial charge in [0.2, 0.25) is 0 Å². The van der Waals surface area contributed by atoms with Gasteiger partial charge in [-0.3, -0.25) is 4.98 Å². The van der Waals surface area contributed by atoms with Gasteiger partial charge in [-0.1, -0.05) is 13.8 Å². The number of piperidine rings is 1. The lowest BCUT2D eigenvalue weighted by atomic mass is 10.0. The minimum absolute atomic E-state index is 0.636. The van der Waals surface area contributed by atoms with Gasteiger partial charge in [0.15, 0.2) is 0 Å². The first-order valence-electron chi connectivity index (χ1n) is 8.22. The first-order chi connectivity index (χ1) is 10.3. The predicted octanol–water partition coefficient (Wildman–Crippen LogP) is 2.70. The number of nitrogens with one attached hydrogen (secondary N) is 1. The smallest absolute Gasteiger partial charge is 0.0591 e. The molecule has 1 saturated heterocycles. The predicted molar refractivity (Wildman–Crippen MR) is 87.7 cm³/mol. The van der Waals surface area contributed by atoms with E-state index < -0.39 is 0 Å². The molecule has 2 rings (SSSR count). The average molecular weight is 291 g/mol. The molecular formula is C17H29N3O. The molecule has 1 aliphatic heterocycles. The molecule has 0 saturated carbocycles.